The fraction of sp³-hybridized carbons (Fsp3) is 0.222. The van der Waals surface area contributed by atoms with Gasteiger partial charge in [0, 0.05) is 25.4 Å². The third-order valence-corrected chi connectivity index (χ3v) is 4.58. The first-order chi connectivity index (χ1) is 13.7. The Morgan fingerprint density at radius 2 is 1.93 bits per heavy atom. The molecule has 0 unspecified atom stereocenters. The van der Waals surface area contributed by atoms with Crippen LogP contribution in [0, 0.1) is 0 Å². The summed E-state index contributed by atoms with van der Waals surface area (Å²) in [5.74, 6) is 0.520. The third-order valence-electron chi connectivity index (χ3n) is 4.40. The van der Waals surface area contributed by atoms with Gasteiger partial charge in [0.15, 0.2) is 11.5 Å². The van der Waals surface area contributed by atoms with Gasteiger partial charge in [-0.15, -0.1) is 0 Å². The van der Waals surface area contributed by atoms with Crippen molar-refractivity contribution in [1.29, 1.82) is 0 Å². The monoisotopic (exact) mass is 422 g/mol. The first-order valence-corrected chi connectivity index (χ1v) is 8.86. The number of hydrogen-bond donors (Lipinski definition) is 1. The number of carbonyl (C=O) groups is 1. The normalized spacial score (nSPS) is 14.0. The van der Waals surface area contributed by atoms with Crippen LogP contribution in [0.5, 0.6) is 0 Å². The molecule has 7 nitrogen and oxygen atoms in total. The van der Waals surface area contributed by atoms with E-state index in [2.05, 4.69) is 20.3 Å². The van der Waals surface area contributed by atoms with Crippen LogP contribution in [0.1, 0.15) is 11.3 Å². The summed E-state index contributed by atoms with van der Waals surface area (Å²) in [6, 6.07) is 6.92. The smallest absolute Gasteiger partial charge is 0.341 e. The van der Waals surface area contributed by atoms with Crippen LogP contribution in [0.25, 0.3) is 11.4 Å². The maximum Gasteiger partial charge on any atom is 0.434 e. The lowest BCUT2D eigenvalue weighted by Crippen LogP contribution is -2.38. The zero-order valence-corrected chi connectivity index (χ0v) is 15.8. The minimum atomic E-state index is -4.50. The summed E-state index contributed by atoms with van der Waals surface area (Å²) in [6.45, 7) is 0.457. The second kappa shape index (κ2) is 7.03. The Bertz CT molecular complexity index is 1080. The lowest BCUT2D eigenvalue weighted by molar-refractivity contribution is -0.140. The van der Waals surface area contributed by atoms with Crippen molar-refractivity contribution < 1.29 is 18.0 Å². The van der Waals surface area contributed by atoms with E-state index in [0.29, 0.717) is 23.6 Å². The van der Waals surface area contributed by atoms with Crippen molar-refractivity contribution in [3.63, 3.8) is 0 Å². The molecule has 1 amide bonds. The highest BCUT2D eigenvalue weighted by atomic mass is 35.5. The maximum atomic E-state index is 12.9. The van der Waals surface area contributed by atoms with Gasteiger partial charge in [0.2, 0.25) is 11.2 Å². The minimum Gasteiger partial charge on any atom is -0.341 e. The molecule has 1 N–H and O–H groups in total. The lowest BCUT2D eigenvalue weighted by atomic mass is 10.1. The minimum absolute atomic E-state index is 0.0653. The molecule has 0 radical (unpaired) electrons. The van der Waals surface area contributed by atoms with E-state index in [4.69, 9.17) is 11.6 Å². The quantitative estimate of drug-likeness (QED) is 0.654. The number of halogens is 4. The Labute approximate surface area is 168 Å². The molecule has 0 saturated heterocycles. The highest BCUT2D eigenvalue weighted by Gasteiger charge is 2.34. The van der Waals surface area contributed by atoms with E-state index in [1.54, 1.807) is 29.2 Å². The number of anilines is 2. The summed E-state index contributed by atoms with van der Waals surface area (Å²) in [4.78, 5) is 25.4. The molecular weight excluding hydrogens is 409 g/mol. The van der Waals surface area contributed by atoms with Crippen molar-refractivity contribution in [2.75, 3.05) is 16.8 Å². The Balaban J connectivity index is 1.58. The van der Waals surface area contributed by atoms with Gasteiger partial charge < -0.3 is 14.8 Å². The molecule has 29 heavy (non-hydrogen) atoms. The number of imidazole rings is 1. The second-order valence-corrected chi connectivity index (χ2v) is 6.87. The van der Waals surface area contributed by atoms with E-state index < -0.39 is 11.9 Å². The molecule has 2 aromatic heterocycles. The molecule has 1 aromatic carbocycles. The summed E-state index contributed by atoms with van der Waals surface area (Å²) in [7, 11) is 1.51. The molecule has 11 heteroatoms. The molecule has 4 rings (SSSR count). The SMILES string of the molecule is Cn1cc(C(F)(F)F)nc1-c1ccc(CN2CC(=O)Nc3cnc(Cl)nc32)cc1. The van der Waals surface area contributed by atoms with E-state index in [1.165, 1.54) is 17.8 Å². The summed E-state index contributed by atoms with van der Waals surface area (Å²) < 4.78 is 39.9. The van der Waals surface area contributed by atoms with Crippen molar-refractivity contribution >= 4 is 29.0 Å². The number of benzene rings is 1. The number of nitrogens with zero attached hydrogens (tertiary/aromatic N) is 5. The standard InChI is InChI=1S/C18H14ClF3N6O/c1-27-8-13(18(20,21)22)25-15(27)11-4-2-10(3-5-11)7-28-9-14(29)24-12-6-23-17(19)26-16(12)28/h2-6,8H,7,9H2,1H3,(H,24,29). The van der Waals surface area contributed by atoms with Gasteiger partial charge in [0.25, 0.3) is 0 Å². The van der Waals surface area contributed by atoms with Crippen molar-refractivity contribution in [1.82, 2.24) is 19.5 Å². The van der Waals surface area contributed by atoms with Gasteiger partial charge in [-0.05, 0) is 17.2 Å². The van der Waals surface area contributed by atoms with Gasteiger partial charge in [-0.25, -0.2) is 9.97 Å². The number of carbonyl (C=O) groups excluding carboxylic acids is 1. The summed E-state index contributed by atoms with van der Waals surface area (Å²) in [6.07, 6.45) is -2.10. The van der Waals surface area contributed by atoms with Crippen LogP contribution >= 0.6 is 11.6 Å². The number of aryl methyl sites for hydroxylation is 1. The molecule has 1 aliphatic heterocycles. The number of alkyl halides is 3. The molecule has 0 saturated carbocycles. The topological polar surface area (TPSA) is 75.9 Å². The van der Waals surface area contributed by atoms with E-state index in [9.17, 15) is 18.0 Å². The van der Waals surface area contributed by atoms with Crippen LogP contribution < -0.4 is 10.2 Å². The largest absolute Gasteiger partial charge is 0.434 e. The molecular formula is C18H14ClF3N6O. The first-order valence-electron chi connectivity index (χ1n) is 8.48. The molecule has 0 spiro atoms. The second-order valence-electron chi connectivity index (χ2n) is 6.54. The predicted octanol–water partition coefficient (Wildman–Crippen LogP) is 3.51. The number of nitrogens with one attached hydrogen (secondary N) is 1. The van der Waals surface area contributed by atoms with Crippen LogP contribution in [0.15, 0.2) is 36.7 Å². The number of amides is 1. The van der Waals surface area contributed by atoms with Crippen LogP contribution in [0.3, 0.4) is 0 Å². The Hall–Kier alpha value is -3.14. The molecule has 0 atom stereocenters. The molecule has 1 aliphatic rings. The zero-order chi connectivity index (χ0) is 20.8. The van der Waals surface area contributed by atoms with Crippen LogP contribution in [-0.2, 0) is 24.6 Å². The van der Waals surface area contributed by atoms with Gasteiger partial charge in [0.05, 0.1) is 12.7 Å². The van der Waals surface area contributed by atoms with Gasteiger partial charge in [-0.2, -0.15) is 18.2 Å². The number of hydrogen-bond acceptors (Lipinski definition) is 5. The maximum absolute atomic E-state index is 12.9. The van der Waals surface area contributed by atoms with Crippen molar-refractivity contribution in [2.24, 2.45) is 7.05 Å². The van der Waals surface area contributed by atoms with E-state index in [1.807, 2.05) is 0 Å². The van der Waals surface area contributed by atoms with E-state index in [-0.39, 0.29) is 23.6 Å². The number of aromatic nitrogens is 4. The van der Waals surface area contributed by atoms with Gasteiger partial charge in [0.1, 0.15) is 11.5 Å². The summed E-state index contributed by atoms with van der Waals surface area (Å²) >= 11 is 5.87. The molecule has 0 aliphatic carbocycles. The molecule has 0 fully saturated rings. The molecule has 0 bridgehead atoms. The molecule has 3 aromatic rings. The Kier molecular flexibility index (Phi) is 4.65. The van der Waals surface area contributed by atoms with Gasteiger partial charge in [-0.3, -0.25) is 4.79 Å². The first kappa shape index (κ1) is 19.2. The number of fused-ring (bicyclic) bond motifs is 1. The van der Waals surface area contributed by atoms with Crippen LogP contribution in [0.2, 0.25) is 5.28 Å². The summed E-state index contributed by atoms with van der Waals surface area (Å²) in [5, 5.41) is 2.75. The fourth-order valence-electron chi connectivity index (χ4n) is 3.10. The molecule has 3 heterocycles. The van der Waals surface area contributed by atoms with Crippen molar-refractivity contribution in [3.8, 4) is 11.4 Å². The van der Waals surface area contributed by atoms with E-state index in [0.717, 1.165) is 11.8 Å². The van der Waals surface area contributed by atoms with Gasteiger partial charge >= 0.3 is 6.18 Å². The predicted molar refractivity (Wildman–Crippen MR) is 100 cm³/mol. The van der Waals surface area contributed by atoms with Crippen molar-refractivity contribution in [2.45, 2.75) is 12.7 Å². The van der Waals surface area contributed by atoms with Crippen molar-refractivity contribution in [3.05, 3.63) is 53.2 Å². The Morgan fingerprint density at radius 1 is 1.21 bits per heavy atom. The summed E-state index contributed by atoms with van der Waals surface area (Å²) in [5.41, 5.74) is 0.921. The third kappa shape index (κ3) is 3.88. The Morgan fingerprint density at radius 3 is 2.59 bits per heavy atom. The van der Waals surface area contributed by atoms with E-state index >= 15 is 0 Å². The fourth-order valence-corrected chi connectivity index (χ4v) is 3.23. The van der Waals surface area contributed by atoms with Gasteiger partial charge in [-0.1, -0.05) is 24.3 Å². The molecule has 150 valence electrons. The average Bonchev–Trinajstić information content (AvgIpc) is 3.05. The zero-order valence-electron chi connectivity index (χ0n) is 15.0. The number of rotatable bonds is 3. The highest BCUT2D eigenvalue weighted by molar-refractivity contribution is 6.28. The van der Waals surface area contributed by atoms with Crippen LogP contribution in [0.4, 0.5) is 24.7 Å². The highest BCUT2D eigenvalue weighted by Crippen LogP contribution is 2.31. The van der Waals surface area contributed by atoms with Crippen LogP contribution in [-0.4, -0.2) is 32.0 Å². The lowest BCUT2D eigenvalue weighted by Gasteiger charge is -2.29. The average molecular weight is 423 g/mol.